The molecule has 0 aliphatic carbocycles. The van der Waals surface area contributed by atoms with Gasteiger partial charge in [-0.25, -0.2) is 9.18 Å². The zero-order chi connectivity index (χ0) is 18.2. The number of amides is 2. The normalized spacial score (nSPS) is 10.4. The van der Waals surface area contributed by atoms with E-state index in [0.717, 1.165) is 11.3 Å². The molecular weight excluding hydrogens is 319 g/mol. The fourth-order valence-electron chi connectivity index (χ4n) is 2.49. The SMILES string of the molecule is Cc1cc(C)c(OCCNC(=O)NCCc2ccccc2F)cc1C. The topological polar surface area (TPSA) is 50.4 Å². The summed E-state index contributed by atoms with van der Waals surface area (Å²) in [5.74, 6) is 0.590. The van der Waals surface area contributed by atoms with Crippen molar-refractivity contribution in [3.63, 3.8) is 0 Å². The third-order valence-corrected chi connectivity index (χ3v) is 4.07. The van der Waals surface area contributed by atoms with Gasteiger partial charge in [-0.3, -0.25) is 0 Å². The van der Waals surface area contributed by atoms with Crippen molar-refractivity contribution in [2.75, 3.05) is 19.7 Å². The lowest BCUT2D eigenvalue weighted by molar-refractivity contribution is 0.236. The molecule has 5 heteroatoms. The second kappa shape index (κ2) is 9.06. The number of urea groups is 1. The van der Waals surface area contributed by atoms with Gasteiger partial charge in [0.15, 0.2) is 0 Å². The second-order valence-electron chi connectivity index (χ2n) is 6.07. The molecule has 2 rings (SSSR count). The van der Waals surface area contributed by atoms with Crippen LogP contribution in [0.1, 0.15) is 22.3 Å². The molecule has 134 valence electrons. The minimum Gasteiger partial charge on any atom is -0.491 e. The monoisotopic (exact) mass is 344 g/mol. The van der Waals surface area contributed by atoms with Gasteiger partial charge < -0.3 is 15.4 Å². The molecule has 0 fully saturated rings. The third-order valence-electron chi connectivity index (χ3n) is 4.07. The van der Waals surface area contributed by atoms with E-state index in [1.54, 1.807) is 18.2 Å². The van der Waals surface area contributed by atoms with Gasteiger partial charge in [-0.05, 0) is 61.6 Å². The summed E-state index contributed by atoms with van der Waals surface area (Å²) in [6.45, 7) is 7.29. The lowest BCUT2D eigenvalue weighted by Crippen LogP contribution is -2.38. The van der Waals surface area contributed by atoms with E-state index in [1.165, 1.54) is 17.2 Å². The molecule has 0 unspecified atom stereocenters. The highest BCUT2D eigenvalue weighted by Gasteiger charge is 2.05. The lowest BCUT2D eigenvalue weighted by atomic mass is 10.1. The first-order valence-electron chi connectivity index (χ1n) is 8.43. The highest BCUT2D eigenvalue weighted by Crippen LogP contribution is 2.22. The minimum absolute atomic E-state index is 0.248. The maximum Gasteiger partial charge on any atom is 0.314 e. The number of hydrogen-bond acceptors (Lipinski definition) is 2. The smallest absolute Gasteiger partial charge is 0.314 e. The predicted molar refractivity (Wildman–Crippen MR) is 97.7 cm³/mol. The van der Waals surface area contributed by atoms with Crippen molar-refractivity contribution in [1.82, 2.24) is 10.6 Å². The number of aryl methyl sites for hydroxylation is 3. The summed E-state index contributed by atoms with van der Waals surface area (Å²) in [4.78, 5) is 11.7. The summed E-state index contributed by atoms with van der Waals surface area (Å²) in [5.41, 5.74) is 4.09. The number of nitrogens with one attached hydrogen (secondary N) is 2. The average Bonchev–Trinajstić information content (AvgIpc) is 2.57. The van der Waals surface area contributed by atoms with Crippen LogP contribution in [-0.2, 0) is 6.42 Å². The van der Waals surface area contributed by atoms with Gasteiger partial charge in [-0.15, -0.1) is 0 Å². The van der Waals surface area contributed by atoms with Crippen LogP contribution in [0.4, 0.5) is 9.18 Å². The van der Waals surface area contributed by atoms with E-state index in [1.807, 2.05) is 19.9 Å². The van der Waals surface area contributed by atoms with Gasteiger partial charge in [0.05, 0.1) is 6.54 Å². The van der Waals surface area contributed by atoms with Crippen LogP contribution >= 0.6 is 0 Å². The van der Waals surface area contributed by atoms with Crippen molar-refractivity contribution in [3.8, 4) is 5.75 Å². The number of hydrogen-bond donors (Lipinski definition) is 2. The molecule has 0 heterocycles. The van der Waals surface area contributed by atoms with Crippen molar-refractivity contribution in [2.24, 2.45) is 0 Å². The molecule has 2 aromatic rings. The fourth-order valence-corrected chi connectivity index (χ4v) is 2.49. The number of carbonyl (C=O) groups excluding carboxylic acids is 1. The predicted octanol–water partition coefficient (Wildman–Crippen LogP) is 3.67. The Morgan fingerprint density at radius 2 is 1.68 bits per heavy atom. The standard InChI is InChI=1S/C20H25FN2O2/c1-14-12-16(3)19(13-15(14)2)25-11-10-23-20(24)22-9-8-17-6-4-5-7-18(17)21/h4-7,12-13H,8-11H2,1-3H3,(H2,22,23,24). The van der Waals surface area contributed by atoms with E-state index < -0.39 is 0 Å². The molecule has 0 saturated heterocycles. The molecule has 0 aliphatic heterocycles. The Kier molecular flexibility index (Phi) is 6.81. The molecule has 0 spiro atoms. The summed E-state index contributed by atoms with van der Waals surface area (Å²) < 4.78 is 19.2. The number of carbonyl (C=O) groups is 1. The first kappa shape index (κ1) is 18.8. The van der Waals surface area contributed by atoms with E-state index in [4.69, 9.17) is 4.74 Å². The number of halogens is 1. The van der Waals surface area contributed by atoms with Crippen LogP contribution in [0.5, 0.6) is 5.75 Å². The minimum atomic E-state index is -0.281. The maximum atomic E-state index is 13.5. The van der Waals surface area contributed by atoms with Gasteiger partial charge in [0.1, 0.15) is 18.2 Å². The van der Waals surface area contributed by atoms with Crippen molar-refractivity contribution < 1.29 is 13.9 Å². The van der Waals surface area contributed by atoms with Crippen molar-refractivity contribution in [2.45, 2.75) is 27.2 Å². The summed E-state index contributed by atoms with van der Waals surface area (Å²) >= 11 is 0. The van der Waals surface area contributed by atoms with Crippen LogP contribution in [0.2, 0.25) is 0 Å². The van der Waals surface area contributed by atoms with Gasteiger partial charge in [-0.2, -0.15) is 0 Å². The van der Waals surface area contributed by atoms with Gasteiger partial charge in [0.25, 0.3) is 0 Å². The van der Waals surface area contributed by atoms with Crippen molar-refractivity contribution in [1.29, 1.82) is 0 Å². The Bertz CT molecular complexity index is 732. The molecule has 0 aliphatic rings. The summed E-state index contributed by atoms with van der Waals surface area (Å²) in [7, 11) is 0. The van der Waals surface area contributed by atoms with E-state index in [0.29, 0.717) is 31.7 Å². The first-order chi connectivity index (χ1) is 12.0. The average molecular weight is 344 g/mol. The van der Waals surface area contributed by atoms with Crippen LogP contribution in [-0.4, -0.2) is 25.7 Å². The molecule has 0 saturated carbocycles. The largest absolute Gasteiger partial charge is 0.491 e. The van der Waals surface area contributed by atoms with Crippen LogP contribution in [0, 0.1) is 26.6 Å². The zero-order valence-corrected chi connectivity index (χ0v) is 15.0. The Labute approximate surface area is 148 Å². The lowest BCUT2D eigenvalue weighted by Gasteiger charge is -2.12. The summed E-state index contributed by atoms with van der Waals surface area (Å²) in [5, 5.41) is 5.44. The molecular formula is C20H25FN2O2. The molecule has 0 bridgehead atoms. The molecule has 2 aromatic carbocycles. The van der Waals surface area contributed by atoms with E-state index in [9.17, 15) is 9.18 Å². The van der Waals surface area contributed by atoms with E-state index in [-0.39, 0.29) is 11.8 Å². The van der Waals surface area contributed by atoms with Crippen LogP contribution in [0.3, 0.4) is 0 Å². The van der Waals surface area contributed by atoms with Gasteiger partial charge in [-0.1, -0.05) is 24.3 Å². The van der Waals surface area contributed by atoms with E-state index >= 15 is 0 Å². The molecule has 25 heavy (non-hydrogen) atoms. The second-order valence-corrected chi connectivity index (χ2v) is 6.07. The van der Waals surface area contributed by atoms with Gasteiger partial charge in [0.2, 0.25) is 0 Å². The highest BCUT2D eigenvalue weighted by molar-refractivity contribution is 5.73. The van der Waals surface area contributed by atoms with E-state index in [2.05, 4.69) is 23.6 Å². The Balaban J connectivity index is 1.66. The highest BCUT2D eigenvalue weighted by atomic mass is 19.1. The number of benzene rings is 2. The maximum absolute atomic E-state index is 13.5. The fraction of sp³-hybridized carbons (Fsp3) is 0.350. The molecule has 0 radical (unpaired) electrons. The first-order valence-corrected chi connectivity index (χ1v) is 8.43. The van der Waals surface area contributed by atoms with Crippen molar-refractivity contribution in [3.05, 3.63) is 64.5 Å². The molecule has 0 atom stereocenters. The van der Waals surface area contributed by atoms with Crippen LogP contribution in [0.25, 0.3) is 0 Å². The molecule has 2 N–H and O–H groups in total. The molecule has 4 nitrogen and oxygen atoms in total. The molecule has 2 amide bonds. The quantitative estimate of drug-likeness (QED) is 0.753. The molecule has 0 aromatic heterocycles. The van der Waals surface area contributed by atoms with Crippen LogP contribution < -0.4 is 15.4 Å². The Morgan fingerprint density at radius 1 is 1.00 bits per heavy atom. The summed E-state index contributed by atoms with van der Waals surface area (Å²) in [6.07, 6.45) is 0.457. The van der Waals surface area contributed by atoms with Crippen LogP contribution in [0.15, 0.2) is 36.4 Å². The Hall–Kier alpha value is -2.56. The number of rotatable bonds is 7. The number of ether oxygens (including phenoxy) is 1. The Morgan fingerprint density at radius 3 is 2.44 bits per heavy atom. The zero-order valence-electron chi connectivity index (χ0n) is 15.0. The third kappa shape index (κ3) is 5.78. The van der Waals surface area contributed by atoms with Gasteiger partial charge >= 0.3 is 6.03 Å². The summed E-state index contributed by atoms with van der Waals surface area (Å²) in [6, 6.07) is 10.4. The van der Waals surface area contributed by atoms with Gasteiger partial charge in [0, 0.05) is 6.54 Å². The van der Waals surface area contributed by atoms with Crippen molar-refractivity contribution >= 4 is 6.03 Å².